The van der Waals surface area contributed by atoms with Gasteiger partial charge in [0.05, 0.1) is 23.3 Å². The molecule has 0 spiro atoms. The van der Waals surface area contributed by atoms with Crippen molar-refractivity contribution in [1.29, 1.82) is 0 Å². The van der Waals surface area contributed by atoms with Crippen LogP contribution in [-0.2, 0) is 19.2 Å². The van der Waals surface area contributed by atoms with Gasteiger partial charge in [0.2, 0.25) is 5.91 Å². The maximum absolute atomic E-state index is 13.7. The van der Waals surface area contributed by atoms with Crippen LogP contribution in [0.25, 0.3) is 5.57 Å². The van der Waals surface area contributed by atoms with E-state index >= 15 is 0 Å². The molecule has 1 saturated heterocycles. The van der Waals surface area contributed by atoms with Gasteiger partial charge in [0.25, 0.3) is 11.8 Å². The number of hydrogen-bond acceptors (Lipinski definition) is 7. The molecule has 2 aromatic carbocycles. The Balaban J connectivity index is 1.34. The Morgan fingerprint density at radius 1 is 0.881 bits per heavy atom. The molecule has 2 aliphatic rings. The number of amides is 3. The SMILES string of the molecule is COc1ccc(NC(=O)CN2C(=O)/C(=C3\SC(=S)N(CCCCCCCCCCC(=O)O)C3=O)c3ccccc32)cc1. The van der Waals surface area contributed by atoms with Gasteiger partial charge in [-0.1, -0.05) is 80.7 Å². The van der Waals surface area contributed by atoms with Crippen molar-refractivity contribution in [2.75, 3.05) is 30.4 Å². The number of benzene rings is 2. The summed E-state index contributed by atoms with van der Waals surface area (Å²) in [5, 5.41) is 11.5. The van der Waals surface area contributed by atoms with Gasteiger partial charge in [-0.15, -0.1) is 0 Å². The smallest absolute Gasteiger partial charge is 0.303 e. The number of nitrogens with zero attached hydrogens (tertiary/aromatic N) is 2. The van der Waals surface area contributed by atoms with Gasteiger partial charge in [0, 0.05) is 24.2 Å². The Kier molecular flexibility index (Phi) is 11.1. The molecule has 0 aliphatic carbocycles. The van der Waals surface area contributed by atoms with Crippen molar-refractivity contribution in [1.82, 2.24) is 4.90 Å². The number of carboxylic acids is 1. The van der Waals surface area contributed by atoms with Gasteiger partial charge in [-0.05, 0) is 43.2 Å². The first-order chi connectivity index (χ1) is 20.3. The molecule has 4 rings (SSSR count). The normalized spacial score (nSPS) is 16.3. The lowest BCUT2D eigenvalue weighted by Gasteiger charge is -2.17. The number of para-hydroxylation sites is 1. The molecular formula is C31H35N3O6S2. The lowest BCUT2D eigenvalue weighted by molar-refractivity contribution is -0.137. The predicted octanol–water partition coefficient (Wildman–Crippen LogP) is 5.85. The van der Waals surface area contributed by atoms with Crippen molar-refractivity contribution in [3.05, 3.63) is 59.0 Å². The minimum absolute atomic E-state index is 0.203. The van der Waals surface area contributed by atoms with Crippen LogP contribution in [0.5, 0.6) is 5.75 Å². The van der Waals surface area contributed by atoms with Crippen molar-refractivity contribution in [2.45, 2.75) is 57.8 Å². The number of nitrogens with one attached hydrogen (secondary N) is 1. The van der Waals surface area contributed by atoms with Crippen molar-refractivity contribution < 1.29 is 29.0 Å². The zero-order chi connectivity index (χ0) is 30.1. The average Bonchev–Trinajstić information content (AvgIpc) is 3.40. The summed E-state index contributed by atoms with van der Waals surface area (Å²) in [6.07, 6.45) is 7.86. The third-order valence-corrected chi connectivity index (χ3v) is 8.65. The highest BCUT2D eigenvalue weighted by Gasteiger charge is 2.42. The van der Waals surface area contributed by atoms with Crippen LogP contribution < -0.4 is 15.0 Å². The highest BCUT2D eigenvalue weighted by Crippen LogP contribution is 2.44. The van der Waals surface area contributed by atoms with Gasteiger partial charge in [-0.3, -0.25) is 29.0 Å². The number of aliphatic carboxylic acids is 1. The van der Waals surface area contributed by atoms with E-state index in [0.717, 1.165) is 63.1 Å². The molecule has 9 nitrogen and oxygen atoms in total. The van der Waals surface area contributed by atoms with Crippen molar-refractivity contribution in [3.63, 3.8) is 0 Å². The number of anilines is 2. The minimum atomic E-state index is -0.742. The summed E-state index contributed by atoms with van der Waals surface area (Å²) in [7, 11) is 1.56. The van der Waals surface area contributed by atoms with Crippen LogP contribution in [-0.4, -0.2) is 58.2 Å². The van der Waals surface area contributed by atoms with Crippen LogP contribution in [0.15, 0.2) is 53.4 Å². The van der Waals surface area contributed by atoms with Crippen molar-refractivity contribution >= 4 is 68.9 Å². The number of carboxylic acid groups (broad SMARTS) is 1. The number of rotatable bonds is 15. The number of fused-ring (bicyclic) bond motifs is 1. The van der Waals surface area contributed by atoms with E-state index in [-0.39, 0.29) is 30.4 Å². The molecule has 0 radical (unpaired) electrons. The fourth-order valence-electron chi connectivity index (χ4n) is 5.02. The van der Waals surface area contributed by atoms with Crippen LogP contribution in [0.2, 0.25) is 0 Å². The molecule has 2 aliphatic heterocycles. The van der Waals surface area contributed by atoms with Crippen LogP contribution in [0.1, 0.15) is 63.4 Å². The number of carbonyl (C=O) groups excluding carboxylic acids is 3. The van der Waals surface area contributed by atoms with E-state index in [1.54, 1.807) is 60.5 Å². The molecule has 1 fully saturated rings. The Hall–Kier alpha value is -3.70. The van der Waals surface area contributed by atoms with Crippen LogP contribution >= 0.6 is 24.0 Å². The summed E-state index contributed by atoms with van der Waals surface area (Å²) in [4.78, 5) is 53.8. The van der Waals surface area contributed by atoms with E-state index in [9.17, 15) is 19.2 Å². The molecular weight excluding hydrogens is 574 g/mol. The van der Waals surface area contributed by atoms with Crippen LogP contribution in [0.3, 0.4) is 0 Å². The first-order valence-corrected chi connectivity index (χ1v) is 15.4. The van der Waals surface area contributed by atoms with Gasteiger partial charge in [-0.2, -0.15) is 0 Å². The molecule has 42 heavy (non-hydrogen) atoms. The van der Waals surface area contributed by atoms with Gasteiger partial charge in [0.15, 0.2) is 0 Å². The van der Waals surface area contributed by atoms with E-state index in [4.69, 9.17) is 22.1 Å². The number of ether oxygens (including phenoxy) is 1. The second kappa shape index (κ2) is 15.0. The van der Waals surface area contributed by atoms with E-state index in [2.05, 4.69) is 5.32 Å². The van der Waals surface area contributed by atoms with Crippen LogP contribution in [0, 0.1) is 0 Å². The maximum Gasteiger partial charge on any atom is 0.303 e. The summed E-state index contributed by atoms with van der Waals surface area (Å²) in [6.45, 7) is 0.287. The minimum Gasteiger partial charge on any atom is -0.497 e. The van der Waals surface area contributed by atoms with Gasteiger partial charge < -0.3 is 15.2 Å². The number of thioether (sulfide) groups is 1. The molecule has 3 amide bonds. The highest BCUT2D eigenvalue weighted by atomic mass is 32.2. The van der Waals surface area contributed by atoms with E-state index < -0.39 is 11.9 Å². The number of unbranched alkanes of at least 4 members (excludes halogenated alkanes) is 7. The zero-order valence-electron chi connectivity index (χ0n) is 23.6. The molecule has 0 unspecified atom stereocenters. The topological polar surface area (TPSA) is 116 Å². The monoisotopic (exact) mass is 609 g/mol. The van der Waals surface area contributed by atoms with Gasteiger partial charge in [-0.25, -0.2) is 0 Å². The molecule has 0 bridgehead atoms. The standard InChI is InChI=1S/C31H35N3O6S2/c1-40-22-17-15-21(16-18-22)32-25(35)20-34-24-13-10-9-12-23(24)27(29(34)38)28-30(39)33(31(41)42-28)19-11-7-5-3-2-4-6-8-14-26(36)37/h9-10,12-13,15-18H,2-8,11,14,19-20H2,1H3,(H,32,35)(H,36,37)/b28-27-. The molecule has 2 heterocycles. The number of thiocarbonyl (C=S) groups is 1. The quantitative estimate of drug-likeness (QED) is 0.147. The Labute approximate surface area is 255 Å². The lowest BCUT2D eigenvalue weighted by atomic mass is 10.1. The second-order valence-corrected chi connectivity index (χ2v) is 11.8. The molecule has 0 aromatic heterocycles. The van der Waals surface area contributed by atoms with Gasteiger partial charge in [0.1, 0.15) is 16.6 Å². The maximum atomic E-state index is 13.7. The van der Waals surface area contributed by atoms with Crippen molar-refractivity contribution in [2.24, 2.45) is 0 Å². The zero-order valence-corrected chi connectivity index (χ0v) is 25.2. The number of methoxy groups -OCH3 is 1. The summed E-state index contributed by atoms with van der Waals surface area (Å²) in [5.41, 5.74) is 2.06. The average molecular weight is 610 g/mol. The molecule has 2 N–H and O–H groups in total. The Morgan fingerprint density at radius 2 is 1.52 bits per heavy atom. The third-order valence-electron chi connectivity index (χ3n) is 7.20. The Morgan fingerprint density at radius 3 is 2.19 bits per heavy atom. The number of hydrogen-bond donors (Lipinski definition) is 2. The predicted molar refractivity (Wildman–Crippen MR) is 168 cm³/mol. The first-order valence-electron chi connectivity index (χ1n) is 14.1. The summed E-state index contributed by atoms with van der Waals surface area (Å²) in [5.74, 6) is -1.11. The van der Waals surface area contributed by atoms with E-state index in [1.165, 1.54) is 4.90 Å². The Bertz CT molecular complexity index is 1370. The lowest BCUT2D eigenvalue weighted by Crippen LogP contribution is -2.35. The summed E-state index contributed by atoms with van der Waals surface area (Å²) >= 11 is 6.67. The van der Waals surface area contributed by atoms with E-state index in [0.29, 0.717) is 38.5 Å². The second-order valence-electron chi connectivity index (χ2n) is 10.2. The molecule has 222 valence electrons. The molecule has 11 heteroatoms. The van der Waals surface area contributed by atoms with Crippen molar-refractivity contribution in [3.8, 4) is 5.75 Å². The number of carbonyl (C=O) groups is 4. The van der Waals surface area contributed by atoms with Crippen LogP contribution in [0.4, 0.5) is 11.4 Å². The summed E-state index contributed by atoms with van der Waals surface area (Å²) in [6, 6.07) is 14.1. The molecule has 0 atom stereocenters. The third kappa shape index (κ3) is 7.77. The molecule has 2 aromatic rings. The summed E-state index contributed by atoms with van der Waals surface area (Å²) < 4.78 is 5.58. The first kappa shape index (κ1) is 31.2. The van der Waals surface area contributed by atoms with Gasteiger partial charge >= 0.3 is 5.97 Å². The largest absolute Gasteiger partial charge is 0.497 e. The van der Waals surface area contributed by atoms with E-state index in [1.807, 2.05) is 0 Å². The fourth-order valence-corrected chi connectivity index (χ4v) is 6.40. The highest BCUT2D eigenvalue weighted by molar-refractivity contribution is 8.26. The fraction of sp³-hybridized carbons (Fsp3) is 0.387. The molecule has 0 saturated carbocycles.